The number of carboxylic acids is 1. The number of nitrogens with two attached hydrogens (primary N) is 1. The minimum atomic E-state index is -1.51. The number of imidazole rings is 1. The number of aromatic amines is 2. The predicted octanol–water partition coefficient (Wildman–Crippen LogP) is -1.70. The van der Waals surface area contributed by atoms with Gasteiger partial charge in [0.2, 0.25) is 17.7 Å². The number of nitrogens with one attached hydrogen (secondary N) is 5. The molecule has 0 saturated heterocycles. The molecule has 3 amide bonds. The lowest BCUT2D eigenvalue weighted by molar-refractivity contribution is -0.142. The number of amides is 3. The normalized spacial score (nSPS) is 15.9. The summed E-state index contributed by atoms with van der Waals surface area (Å²) >= 11 is 0. The molecule has 3 aromatic rings. The average Bonchev–Trinajstić information content (AvgIpc) is 3.55. The molecule has 0 spiro atoms. The summed E-state index contributed by atoms with van der Waals surface area (Å²) in [4.78, 5) is 60.5. The first-order valence-corrected chi connectivity index (χ1v) is 12.3. The molecule has 0 radical (unpaired) electrons. The van der Waals surface area contributed by atoms with Crippen LogP contribution in [-0.4, -0.2) is 90.3 Å². The molecule has 2 heterocycles. The molecule has 14 heteroatoms. The Hall–Kier alpha value is -4.27. The maximum atomic E-state index is 13.3. The predicted molar refractivity (Wildman–Crippen MR) is 139 cm³/mol. The molecule has 0 aliphatic heterocycles. The Morgan fingerprint density at radius 2 is 1.62 bits per heavy atom. The van der Waals surface area contributed by atoms with Crippen LogP contribution in [0.5, 0.6) is 0 Å². The minimum Gasteiger partial charge on any atom is -0.480 e. The van der Waals surface area contributed by atoms with Crippen LogP contribution in [0, 0.1) is 0 Å². The second kappa shape index (κ2) is 13.0. The summed E-state index contributed by atoms with van der Waals surface area (Å²) in [6.45, 7) is 2.55. The Bertz CT molecular complexity index is 1290. The largest absolute Gasteiger partial charge is 0.480 e. The zero-order chi connectivity index (χ0) is 28.7. The van der Waals surface area contributed by atoms with Crippen LogP contribution in [0.3, 0.4) is 0 Å². The highest BCUT2D eigenvalue weighted by atomic mass is 16.4. The van der Waals surface area contributed by atoms with E-state index < -0.39 is 60.1 Å². The molecule has 14 nitrogen and oxygen atoms in total. The van der Waals surface area contributed by atoms with E-state index in [9.17, 15) is 34.5 Å². The zero-order valence-corrected chi connectivity index (χ0v) is 21.4. The second-order valence-corrected chi connectivity index (χ2v) is 9.30. The van der Waals surface area contributed by atoms with Crippen molar-refractivity contribution in [3.63, 3.8) is 0 Å². The number of para-hydroxylation sites is 1. The van der Waals surface area contributed by atoms with Crippen LogP contribution < -0.4 is 21.7 Å². The smallest absolute Gasteiger partial charge is 0.326 e. The van der Waals surface area contributed by atoms with Crippen molar-refractivity contribution in [1.29, 1.82) is 0 Å². The van der Waals surface area contributed by atoms with E-state index in [-0.39, 0.29) is 12.8 Å². The Kier molecular flexibility index (Phi) is 9.76. The van der Waals surface area contributed by atoms with Crippen LogP contribution in [0.1, 0.15) is 25.1 Å². The minimum absolute atomic E-state index is 0.0284. The third-order valence-electron chi connectivity index (χ3n) is 6.21. The topological polar surface area (TPSA) is 236 Å². The first kappa shape index (κ1) is 29.3. The van der Waals surface area contributed by atoms with Gasteiger partial charge in [0.25, 0.3) is 0 Å². The van der Waals surface area contributed by atoms with Crippen LogP contribution in [0.4, 0.5) is 0 Å². The van der Waals surface area contributed by atoms with E-state index in [1.807, 2.05) is 24.3 Å². The number of aromatic nitrogens is 3. The van der Waals surface area contributed by atoms with Gasteiger partial charge in [0.15, 0.2) is 0 Å². The van der Waals surface area contributed by atoms with Gasteiger partial charge >= 0.3 is 5.97 Å². The van der Waals surface area contributed by atoms with E-state index in [4.69, 9.17) is 5.73 Å². The lowest BCUT2D eigenvalue weighted by Gasteiger charge is -2.26. The Labute approximate surface area is 223 Å². The number of carboxylic acid groups (broad SMARTS) is 1. The molecule has 0 saturated carbocycles. The number of rotatable bonds is 13. The molecule has 0 bridgehead atoms. The third kappa shape index (κ3) is 7.63. The van der Waals surface area contributed by atoms with Crippen molar-refractivity contribution in [3.8, 4) is 0 Å². The highest BCUT2D eigenvalue weighted by molar-refractivity contribution is 5.95. The molecule has 39 heavy (non-hydrogen) atoms. The van der Waals surface area contributed by atoms with Crippen molar-refractivity contribution in [2.75, 3.05) is 0 Å². The fraction of sp³-hybridized carbons (Fsp3) is 0.400. The van der Waals surface area contributed by atoms with Crippen LogP contribution in [-0.2, 0) is 32.0 Å². The van der Waals surface area contributed by atoms with E-state index in [0.717, 1.165) is 10.9 Å². The number of hydrogen-bond donors (Lipinski definition) is 9. The number of aliphatic hydroxyl groups excluding tert-OH is 2. The van der Waals surface area contributed by atoms with Crippen molar-refractivity contribution in [1.82, 2.24) is 30.9 Å². The van der Waals surface area contributed by atoms with Crippen molar-refractivity contribution in [2.45, 2.75) is 63.1 Å². The lowest BCUT2D eigenvalue weighted by atomic mass is 10.0. The molecule has 210 valence electrons. The molecule has 3 rings (SSSR count). The summed E-state index contributed by atoms with van der Waals surface area (Å²) in [6, 6.07) is 1.83. The zero-order valence-electron chi connectivity index (χ0n) is 21.4. The highest BCUT2D eigenvalue weighted by Crippen LogP contribution is 2.19. The van der Waals surface area contributed by atoms with Crippen molar-refractivity contribution in [3.05, 3.63) is 54.2 Å². The lowest BCUT2D eigenvalue weighted by Crippen LogP contribution is -2.61. The van der Waals surface area contributed by atoms with Gasteiger partial charge in [-0.1, -0.05) is 18.2 Å². The Morgan fingerprint density at radius 1 is 0.923 bits per heavy atom. The molecule has 0 aliphatic carbocycles. The van der Waals surface area contributed by atoms with Gasteiger partial charge in [0.05, 0.1) is 18.5 Å². The van der Waals surface area contributed by atoms with Gasteiger partial charge in [-0.25, -0.2) is 9.78 Å². The summed E-state index contributed by atoms with van der Waals surface area (Å²) in [5.41, 5.74) is 7.57. The fourth-order valence-electron chi connectivity index (χ4n) is 3.95. The summed E-state index contributed by atoms with van der Waals surface area (Å²) in [7, 11) is 0. The number of H-pyrrole nitrogens is 2. The van der Waals surface area contributed by atoms with Crippen molar-refractivity contribution >= 4 is 34.6 Å². The molecule has 6 atom stereocenters. The summed E-state index contributed by atoms with van der Waals surface area (Å²) in [5, 5.41) is 37.5. The van der Waals surface area contributed by atoms with E-state index >= 15 is 0 Å². The Balaban J connectivity index is 1.78. The quantitative estimate of drug-likeness (QED) is 0.119. The van der Waals surface area contributed by atoms with Gasteiger partial charge in [-0.2, -0.15) is 0 Å². The van der Waals surface area contributed by atoms with Crippen LogP contribution in [0.2, 0.25) is 0 Å². The number of carbonyl (C=O) groups is 4. The first-order valence-electron chi connectivity index (χ1n) is 12.3. The van der Waals surface area contributed by atoms with Crippen molar-refractivity contribution < 1.29 is 34.5 Å². The van der Waals surface area contributed by atoms with Crippen LogP contribution in [0.15, 0.2) is 43.0 Å². The monoisotopic (exact) mass is 543 g/mol. The molecule has 0 aliphatic rings. The number of fused-ring (bicyclic) bond motifs is 1. The first-order chi connectivity index (χ1) is 18.5. The number of hydrogen-bond acceptors (Lipinski definition) is 8. The Morgan fingerprint density at radius 3 is 2.23 bits per heavy atom. The molecular formula is C25H33N7O7. The number of aliphatic hydroxyl groups is 2. The number of aliphatic carboxylic acids is 1. The van der Waals surface area contributed by atoms with Crippen LogP contribution >= 0.6 is 0 Å². The van der Waals surface area contributed by atoms with Gasteiger partial charge in [-0.05, 0) is 25.5 Å². The number of carbonyl (C=O) groups excluding carboxylic acids is 3. The third-order valence-corrected chi connectivity index (χ3v) is 6.21. The molecule has 2 aromatic heterocycles. The standard InChI is InChI=1S/C25H33N7O7/c1-12(33)20(26)23(36)32-21(13(2)34)24(37)30-18(8-15-10-27-11-29-15)22(35)31-19(25(38)39)7-14-9-28-17-6-4-3-5-16(14)17/h3-6,9-13,18-21,28,33-34H,7-8,26H2,1-2H3,(H,27,29)(H,30,37)(H,31,35)(H,32,36)(H,38,39). The number of benzene rings is 1. The van der Waals surface area contributed by atoms with Gasteiger partial charge in [0, 0.05) is 41.8 Å². The second-order valence-electron chi connectivity index (χ2n) is 9.30. The van der Waals surface area contributed by atoms with Gasteiger partial charge in [0.1, 0.15) is 24.2 Å². The highest BCUT2D eigenvalue weighted by Gasteiger charge is 2.33. The summed E-state index contributed by atoms with van der Waals surface area (Å²) < 4.78 is 0. The molecule has 10 N–H and O–H groups in total. The van der Waals surface area contributed by atoms with Crippen LogP contribution in [0.25, 0.3) is 10.9 Å². The molecule has 1 aromatic carbocycles. The molecule has 0 fully saturated rings. The van der Waals surface area contributed by atoms with Crippen molar-refractivity contribution in [2.24, 2.45) is 5.73 Å². The van der Waals surface area contributed by atoms with E-state index in [1.165, 1.54) is 26.4 Å². The van der Waals surface area contributed by atoms with E-state index in [1.54, 1.807) is 6.20 Å². The summed E-state index contributed by atoms with van der Waals surface area (Å²) in [5.74, 6) is -3.88. The van der Waals surface area contributed by atoms with Gasteiger partial charge < -0.3 is 47.0 Å². The fourth-order valence-corrected chi connectivity index (χ4v) is 3.95. The molecular weight excluding hydrogens is 510 g/mol. The maximum Gasteiger partial charge on any atom is 0.326 e. The van der Waals surface area contributed by atoms with E-state index in [2.05, 4.69) is 30.9 Å². The van der Waals surface area contributed by atoms with Gasteiger partial charge in [-0.3, -0.25) is 14.4 Å². The van der Waals surface area contributed by atoms with Gasteiger partial charge in [-0.15, -0.1) is 0 Å². The summed E-state index contributed by atoms with van der Waals surface area (Å²) in [6.07, 6.45) is 1.75. The molecule has 6 unspecified atom stereocenters. The number of nitrogens with zero attached hydrogens (tertiary/aromatic N) is 1. The SMILES string of the molecule is CC(O)C(N)C(=O)NC(C(=O)NC(Cc1cnc[nH]1)C(=O)NC(Cc1c[nH]c2ccccc12)C(=O)O)C(C)O. The maximum absolute atomic E-state index is 13.3. The van der Waals surface area contributed by atoms with E-state index in [0.29, 0.717) is 11.3 Å². The average molecular weight is 544 g/mol.